The third-order valence-electron chi connectivity index (χ3n) is 4.29. The fourth-order valence-corrected chi connectivity index (χ4v) is 5.25. The Morgan fingerprint density at radius 1 is 1.12 bits per heavy atom. The molecule has 0 aliphatic carbocycles. The molecular formula is C20H17F3N2O4S3. The summed E-state index contributed by atoms with van der Waals surface area (Å²) in [6.45, 7) is 1.35. The number of thiophene rings is 1. The highest BCUT2D eigenvalue weighted by Crippen LogP contribution is 2.39. The Kier molecular flexibility index (Phi) is 6.86. The summed E-state index contributed by atoms with van der Waals surface area (Å²) >= 11 is 1.43. The molecule has 0 unspecified atom stereocenters. The fraction of sp³-hybridized carbons (Fsp3) is 0.200. The van der Waals surface area contributed by atoms with E-state index in [1.165, 1.54) is 54.1 Å². The van der Waals surface area contributed by atoms with Crippen molar-refractivity contribution in [1.29, 1.82) is 0 Å². The minimum Gasteiger partial charge on any atom is -0.348 e. The van der Waals surface area contributed by atoms with E-state index in [4.69, 9.17) is 0 Å². The Labute approximate surface area is 190 Å². The van der Waals surface area contributed by atoms with Crippen LogP contribution in [0.5, 0.6) is 0 Å². The van der Waals surface area contributed by atoms with Gasteiger partial charge in [0.05, 0.1) is 26.9 Å². The molecule has 170 valence electrons. The van der Waals surface area contributed by atoms with Crippen LogP contribution in [-0.4, -0.2) is 29.6 Å². The zero-order valence-corrected chi connectivity index (χ0v) is 19.2. The summed E-state index contributed by atoms with van der Waals surface area (Å²) < 4.78 is 67.9. The molecule has 1 aromatic carbocycles. The number of alkyl halides is 3. The molecule has 0 bridgehead atoms. The van der Waals surface area contributed by atoms with E-state index in [0.717, 1.165) is 17.8 Å². The zero-order valence-electron chi connectivity index (χ0n) is 16.8. The van der Waals surface area contributed by atoms with Crippen LogP contribution in [0, 0.1) is 0 Å². The number of hydrogen-bond acceptors (Lipinski definition) is 6. The van der Waals surface area contributed by atoms with Gasteiger partial charge in [-0.3, -0.25) is 14.3 Å². The number of anilines is 1. The van der Waals surface area contributed by atoms with Gasteiger partial charge >= 0.3 is 6.18 Å². The third kappa shape index (κ3) is 5.61. The number of halogens is 3. The molecule has 0 saturated carbocycles. The first-order chi connectivity index (χ1) is 14.9. The number of rotatable bonds is 7. The number of nitrogens with zero attached hydrogens (tertiary/aromatic N) is 1. The molecule has 12 heteroatoms. The molecular weight excluding hydrogens is 485 g/mol. The van der Waals surface area contributed by atoms with E-state index in [9.17, 15) is 31.2 Å². The smallest absolute Gasteiger partial charge is 0.348 e. The number of nitrogens with one attached hydrogen (secondary N) is 1. The highest BCUT2D eigenvalue weighted by molar-refractivity contribution is 8.14. The van der Waals surface area contributed by atoms with Crippen molar-refractivity contribution in [3.8, 4) is 10.6 Å². The highest BCUT2D eigenvalue weighted by atomic mass is 32.2. The first kappa shape index (κ1) is 24.1. The monoisotopic (exact) mass is 502 g/mol. The summed E-state index contributed by atoms with van der Waals surface area (Å²) in [5, 5.41) is -0.193. The average molecular weight is 503 g/mol. The number of aryl methyl sites for hydroxylation is 1. The van der Waals surface area contributed by atoms with Crippen molar-refractivity contribution in [2.24, 2.45) is 7.05 Å². The summed E-state index contributed by atoms with van der Waals surface area (Å²) in [6, 6.07) is 9.02. The van der Waals surface area contributed by atoms with Crippen molar-refractivity contribution < 1.29 is 31.2 Å². The molecule has 1 N–H and O–H groups in total. The SMILES string of the molecule is CC(=O)SCC(=O)c1ccc(S(=O)(=O)Nc2cc(-c3ccc(C(F)(F)F)s3)n(C)c2)cc1. The van der Waals surface area contributed by atoms with Gasteiger partial charge in [-0.2, -0.15) is 13.2 Å². The topological polar surface area (TPSA) is 85.2 Å². The highest BCUT2D eigenvalue weighted by Gasteiger charge is 2.32. The Hall–Kier alpha value is -2.57. The number of thioether (sulfide) groups is 1. The third-order valence-corrected chi connectivity index (χ3v) is 7.65. The number of benzene rings is 1. The molecule has 0 saturated heterocycles. The Balaban J connectivity index is 1.77. The molecule has 2 heterocycles. The number of Topliss-reactive ketones (excluding diaryl/α,β-unsaturated/α-hetero) is 1. The van der Waals surface area contributed by atoms with Gasteiger partial charge < -0.3 is 4.57 Å². The molecule has 6 nitrogen and oxygen atoms in total. The molecule has 0 fully saturated rings. The van der Waals surface area contributed by atoms with Gasteiger partial charge in [0, 0.05) is 25.7 Å². The van der Waals surface area contributed by atoms with Crippen molar-refractivity contribution in [3.05, 3.63) is 59.1 Å². The van der Waals surface area contributed by atoms with Gasteiger partial charge in [-0.1, -0.05) is 23.9 Å². The van der Waals surface area contributed by atoms with E-state index in [2.05, 4.69) is 4.72 Å². The van der Waals surface area contributed by atoms with Crippen molar-refractivity contribution in [1.82, 2.24) is 4.57 Å². The number of hydrogen-bond donors (Lipinski definition) is 1. The summed E-state index contributed by atoms with van der Waals surface area (Å²) in [6.07, 6.45) is -2.99. The van der Waals surface area contributed by atoms with Crippen molar-refractivity contribution >= 4 is 49.7 Å². The lowest BCUT2D eigenvalue weighted by molar-refractivity contribution is -0.134. The van der Waals surface area contributed by atoms with E-state index in [1.54, 1.807) is 7.05 Å². The van der Waals surface area contributed by atoms with E-state index in [-0.39, 0.29) is 32.8 Å². The van der Waals surface area contributed by atoms with Crippen LogP contribution in [0.1, 0.15) is 22.2 Å². The number of carbonyl (C=O) groups is 2. The van der Waals surface area contributed by atoms with Crippen LogP contribution in [0.15, 0.2) is 53.6 Å². The lowest BCUT2D eigenvalue weighted by atomic mass is 10.1. The molecule has 0 atom stereocenters. The van der Waals surface area contributed by atoms with E-state index in [1.807, 2.05) is 0 Å². The standard InChI is InChI=1S/C20H17F3N2O4S3/c1-12(26)30-11-17(27)13-3-5-15(6-4-13)32(28,29)24-14-9-16(25(2)10-14)18-7-8-19(31-18)20(21,22)23/h3-10,24H,11H2,1-2H3. The van der Waals surface area contributed by atoms with Crippen LogP contribution >= 0.6 is 23.1 Å². The van der Waals surface area contributed by atoms with Crippen molar-refractivity contribution in [2.45, 2.75) is 18.0 Å². The maximum absolute atomic E-state index is 12.9. The van der Waals surface area contributed by atoms with Crippen LogP contribution < -0.4 is 4.72 Å². The second-order valence-electron chi connectivity index (χ2n) is 6.72. The van der Waals surface area contributed by atoms with Gasteiger partial charge in [0.1, 0.15) is 4.88 Å². The normalized spacial score (nSPS) is 12.0. The van der Waals surface area contributed by atoms with Crippen LogP contribution in [0.3, 0.4) is 0 Å². The average Bonchev–Trinajstić information content (AvgIpc) is 3.32. The van der Waals surface area contributed by atoms with Crippen LogP contribution in [0.2, 0.25) is 0 Å². The molecule has 0 aliphatic rings. The predicted molar refractivity (Wildman–Crippen MR) is 118 cm³/mol. The summed E-state index contributed by atoms with van der Waals surface area (Å²) in [5.41, 5.74) is 0.882. The number of aromatic nitrogens is 1. The van der Waals surface area contributed by atoms with Gasteiger partial charge in [0.25, 0.3) is 10.0 Å². The predicted octanol–water partition coefficient (Wildman–Crippen LogP) is 5.04. The Morgan fingerprint density at radius 2 is 1.78 bits per heavy atom. The van der Waals surface area contributed by atoms with Gasteiger partial charge in [-0.25, -0.2) is 8.42 Å². The molecule has 32 heavy (non-hydrogen) atoms. The largest absolute Gasteiger partial charge is 0.425 e. The maximum Gasteiger partial charge on any atom is 0.425 e. The maximum atomic E-state index is 12.9. The molecule has 2 aromatic heterocycles. The van der Waals surface area contributed by atoms with E-state index < -0.39 is 21.1 Å². The minimum atomic E-state index is -4.45. The minimum absolute atomic E-state index is 0.0365. The van der Waals surface area contributed by atoms with E-state index in [0.29, 0.717) is 21.9 Å². The van der Waals surface area contributed by atoms with Crippen molar-refractivity contribution in [3.63, 3.8) is 0 Å². The lowest BCUT2D eigenvalue weighted by Gasteiger charge is -2.07. The quantitative estimate of drug-likeness (QED) is 0.458. The molecule has 0 amide bonds. The number of carbonyl (C=O) groups excluding carboxylic acids is 2. The van der Waals surface area contributed by atoms with Crippen LogP contribution in [0.25, 0.3) is 10.6 Å². The van der Waals surface area contributed by atoms with Crippen molar-refractivity contribution in [2.75, 3.05) is 10.5 Å². The van der Waals surface area contributed by atoms with Gasteiger partial charge in [0.15, 0.2) is 10.9 Å². The van der Waals surface area contributed by atoms with Crippen LogP contribution in [0.4, 0.5) is 18.9 Å². The molecule has 0 aliphatic heterocycles. The summed E-state index contributed by atoms with van der Waals surface area (Å²) in [4.78, 5) is 22.5. The Bertz CT molecular complexity index is 1260. The molecule has 3 aromatic rings. The van der Waals surface area contributed by atoms with Crippen LogP contribution in [-0.2, 0) is 28.0 Å². The second kappa shape index (κ2) is 9.12. The molecule has 0 spiro atoms. The molecule has 3 rings (SSSR count). The first-order valence-electron chi connectivity index (χ1n) is 9.00. The van der Waals surface area contributed by atoms with E-state index >= 15 is 0 Å². The Morgan fingerprint density at radius 3 is 2.34 bits per heavy atom. The summed E-state index contributed by atoms with van der Waals surface area (Å²) in [7, 11) is -2.40. The van der Waals surface area contributed by atoms with Gasteiger partial charge in [-0.15, -0.1) is 11.3 Å². The second-order valence-corrected chi connectivity index (χ2v) is 10.6. The lowest BCUT2D eigenvalue weighted by Crippen LogP contribution is -2.13. The van der Waals surface area contributed by atoms with Gasteiger partial charge in [0.2, 0.25) is 0 Å². The fourth-order valence-electron chi connectivity index (χ4n) is 2.78. The first-order valence-corrected chi connectivity index (χ1v) is 12.3. The number of ketones is 1. The van der Waals surface area contributed by atoms with Gasteiger partial charge in [-0.05, 0) is 30.3 Å². The molecule has 0 radical (unpaired) electrons. The zero-order chi connectivity index (χ0) is 23.7. The summed E-state index contributed by atoms with van der Waals surface area (Å²) in [5.74, 6) is -0.338. The number of sulfonamides is 1.